The van der Waals surface area contributed by atoms with E-state index in [-0.39, 0.29) is 6.10 Å². The number of amides is 1. The molecule has 1 aromatic rings. The fourth-order valence-corrected chi connectivity index (χ4v) is 1.24. The van der Waals surface area contributed by atoms with Crippen molar-refractivity contribution in [2.45, 2.75) is 26.5 Å². The first-order valence-electron chi connectivity index (χ1n) is 5.26. The number of hydrogen-bond acceptors (Lipinski definition) is 4. The number of alkyl carbamates (subject to hydrolysis) is 1. The molecule has 0 bridgehead atoms. The molecule has 0 aliphatic carbocycles. The molecule has 0 aliphatic rings. The van der Waals surface area contributed by atoms with Gasteiger partial charge >= 0.3 is 6.09 Å². The van der Waals surface area contributed by atoms with Crippen LogP contribution in [-0.4, -0.2) is 12.2 Å². The zero-order valence-electron chi connectivity index (χ0n) is 9.86. The van der Waals surface area contributed by atoms with Crippen LogP contribution in [0.3, 0.4) is 0 Å². The third kappa shape index (κ3) is 4.03. The van der Waals surface area contributed by atoms with Gasteiger partial charge in [0.05, 0.1) is 11.7 Å². The van der Waals surface area contributed by atoms with E-state index in [1.165, 1.54) is 0 Å². The van der Waals surface area contributed by atoms with Crippen LogP contribution in [0.1, 0.15) is 25.0 Å². The number of nitrogen functional groups attached to an aromatic ring is 1. The monoisotopic (exact) mass is 233 g/mol. The summed E-state index contributed by atoms with van der Waals surface area (Å²) in [7, 11) is 0. The molecule has 0 atom stereocenters. The molecule has 17 heavy (non-hydrogen) atoms. The Balaban J connectivity index is 2.59. The number of hydrogen-bond donors (Lipinski definition) is 2. The van der Waals surface area contributed by atoms with Crippen LogP contribution >= 0.6 is 0 Å². The Bertz CT molecular complexity index is 450. The molecule has 5 heteroatoms. The fourth-order valence-electron chi connectivity index (χ4n) is 1.24. The average molecular weight is 233 g/mol. The highest BCUT2D eigenvalue weighted by Crippen LogP contribution is 2.12. The van der Waals surface area contributed by atoms with E-state index in [1.54, 1.807) is 32.0 Å². The van der Waals surface area contributed by atoms with Crippen molar-refractivity contribution in [3.8, 4) is 6.07 Å². The van der Waals surface area contributed by atoms with Gasteiger partial charge in [-0.05, 0) is 31.5 Å². The van der Waals surface area contributed by atoms with Crippen molar-refractivity contribution < 1.29 is 9.53 Å². The lowest BCUT2D eigenvalue weighted by atomic mass is 10.1. The number of anilines is 1. The van der Waals surface area contributed by atoms with Gasteiger partial charge in [0.1, 0.15) is 6.07 Å². The first kappa shape index (κ1) is 12.8. The molecule has 5 nitrogen and oxygen atoms in total. The molecule has 90 valence electrons. The van der Waals surface area contributed by atoms with Gasteiger partial charge in [0.2, 0.25) is 0 Å². The van der Waals surface area contributed by atoms with Gasteiger partial charge in [-0.2, -0.15) is 5.26 Å². The van der Waals surface area contributed by atoms with Crippen molar-refractivity contribution in [1.29, 1.82) is 5.26 Å². The minimum absolute atomic E-state index is 0.156. The first-order chi connectivity index (χ1) is 8.02. The highest BCUT2D eigenvalue weighted by molar-refractivity contribution is 5.67. The van der Waals surface area contributed by atoms with E-state index in [9.17, 15) is 4.79 Å². The first-order valence-corrected chi connectivity index (χ1v) is 5.26. The summed E-state index contributed by atoms with van der Waals surface area (Å²) < 4.78 is 4.91. The number of nitriles is 1. The number of nitrogens with two attached hydrogens (primary N) is 1. The van der Waals surface area contributed by atoms with Gasteiger partial charge in [0.15, 0.2) is 0 Å². The lowest BCUT2D eigenvalue weighted by molar-refractivity contribution is 0.115. The molecule has 1 aromatic carbocycles. The second kappa shape index (κ2) is 5.75. The average Bonchev–Trinajstić information content (AvgIpc) is 2.27. The van der Waals surface area contributed by atoms with Gasteiger partial charge in [0, 0.05) is 12.2 Å². The summed E-state index contributed by atoms with van der Waals surface area (Å²) in [4.78, 5) is 11.2. The Labute approximate surface area is 100 Å². The molecule has 1 rings (SSSR count). The Hall–Kier alpha value is -2.22. The molecule has 0 saturated carbocycles. The van der Waals surface area contributed by atoms with E-state index >= 15 is 0 Å². The van der Waals surface area contributed by atoms with Crippen LogP contribution in [0, 0.1) is 11.3 Å². The SMILES string of the molecule is CC(C)OC(=O)NCc1ccc(N)c(C#N)c1. The predicted molar refractivity (Wildman–Crippen MR) is 64.0 cm³/mol. The number of nitrogens with one attached hydrogen (secondary N) is 1. The van der Waals surface area contributed by atoms with Crippen molar-refractivity contribution in [2.24, 2.45) is 0 Å². The van der Waals surface area contributed by atoms with E-state index in [4.69, 9.17) is 15.7 Å². The van der Waals surface area contributed by atoms with Crippen molar-refractivity contribution >= 4 is 11.8 Å². The van der Waals surface area contributed by atoms with Crippen LogP contribution in [0.15, 0.2) is 18.2 Å². The molecule has 3 N–H and O–H groups in total. The number of nitrogens with zero attached hydrogens (tertiary/aromatic N) is 1. The zero-order chi connectivity index (χ0) is 12.8. The summed E-state index contributed by atoms with van der Waals surface area (Å²) in [5.74, 6) is 0. The summed E-state index contributed by atoms with van der Waals surface area (Å²) in [6, 6.07) is 7.03. The number of carbonyl (C=O) groups excluding carboxylic acids is 1. The third-order valence-corrected chi connectivity index (χ3v) is 2.02. The molecule has 0 fully saturated rings. The van der Waals surface area contributed by atoms with E-state index in [0.717, 1.165) is 5.56 Å². The third-order valence-electron chi connectivity index (χ3n) is 2.02. The lowest BCUT2D eigenvalue weighted by Gasteiger charge is -2.09. The van der Waals surface area contributed by atoms with Gasteiger partial charge in [0.25, 0.3) is 0 Å². The molecule has 0 aromatic heterocycles. The van der Waals surface area contributed by atoms with Crippen molar-refractivity contribution in [1.82, 2.24) is 5.32 Å². The summed E-state index contributed by atoms with van der Waals surface area (Å²) >= 11 is 0. The Kier molecular flexibility index (Phi) is 4.35. The largest absolute Gasteiger partial charge is 0.447 e. The molecular formula is C12H15N3O2. The zero-order valence-corrected chi connectivity index (χ0v) is 9.86. The fraction of sp³-hybridized carbons (Fsp3) is 0.333. The number of ether oxygens (including phenoxy) is 1. The van der Waals surface area contributed by atoms with Crippen molar-refractivity contribution in [2.75, 3.05) is 5.73 Å². The maximum Gasteiger partial charge on any atom is 0.407 e. The smallest absolute Gasteiger partial charge is 0.407 e. The molecule has 0 radical (unpaired) electrons. The van der Waals surface area contributed by atoms with Gasteiger partial charge in [-0.3, -0.25) is 0 Å². The minimum atomic E-state index is -0.477. The van der Waals surface area contributed by atoms with Gasteiger partial charge < -0.3 is 15.8 Å². The van der Waals surface area contributed by atoms with Crippen LogP contribution in [0.5, 0.6) is 0 Å². The maximum atomic E-state index is 11.2. The molecular weight excluding hydrogens is 218 g/mol. The number of benzene rings is 1. The predicted octanol–water partition coefficient (Wildman–Crippen LogP) is 1.78. The van der Waals surface area contributed by atoms with Crippen LogP contribution in [-0.2, 0) is 11.3 Å². The molecule has 0 aliphatic heterocycles. The second-order valence-corrected chi connectivity index (χ2v) is 3.84. The summed E-state index contributed by atoms with van der Waals surface area (Å²) in [6.07, 6.45) is -0.633. The molecule has 1 amide bonds. The second-order valence-electron chi connectivity index (χ2n) is 3.84. The molecule has 0 unspecified atom stereocenters. The maximum absolute atomic E-state index is 11.2. The normalized spacial score (nSPS) is 9.76. The van der Waals surface area contributed by atoms with E-state index in [2.05, 4.69) is 5.32 Å². The van der Waals surface area contributed by atoms with Crippen molar-refractivity contribution in [3.05, 3.63) is 29.3 Å². The topological polar surface area (TPSA) is 88.1 Å². The quantitative estimate of drug-likeness (QED) is 0.779. The van der Waals surface area contributed by atoms with Crippen LogP contribution in [0.2, 0.25) is 0 Å². The number of carbonyl (C=O) groups is 1. The minimum Gasteiger partial charge on any atom is -0.447 e. The lowest BCUT2D eigenvalue weighted by Crippen LogP contribution is -2.26. The Morgan fingerprint density at radius 1 is 1.59 bits per heavy atom. The Morgan fingerprint density at radius 3 is 2.88 bits per heavy atom. The molecule has 0 spiro atoms. The number of rotatable bonds is 3. The van der Waals surface area contributed by atoms with E-state index in [0.29, 0.717) is 17.8 Å². The highest BCUT2D eigenvalue weighted by atomic mass is 16.6. The highest BCUT2D eigenvalue weighted by Gasteiger charge is 2.05. The Morgan fingerprint density at radius 2 is 2.29 bits per heavy atom. The van der Waals surface area contributed by atoms with Gasteiger partial charge in [-0.15, -0.1) is 0 Å². The van der Waals surface area contributed by atoms with Crippen LogP contribution in [0.4, 0.5) is 10.5 Å². The van der Waals surface area contributed by atoms with Gasteiger partial charge in [-0.1, -0.05) is 6.07 Å². The summed E-state index contributed by atoms with van der Waals surface area (Å²) in [5, 5.41) is 11.4. The van der Waals surface area contributed by atoms with Crippen molar-refractivity contribution in [3.63, 3.8) is 0 Å². The van der Waals surface area contributed by atoms with E-state index < -0.39 is 6.09 Å². The van der Waals surface area contributed by atoms with Crippen LogP contribution in [0.25, 0.3) is 0 Å². The molecule has 0 saturated heterocycles. The summed E-state index contributed by atoms with van der Waals surface area (Å²) in [5.41, 5.74) is 7.23. The van der Waals surface area contributed by atoms with Crippen LogP contribution < -0.4 is 11.1 Å². The van der Waals surface area contributed by atoms with Gasteiger partial charge in [-0.25, -0.2) is 4.79 Å². The summed E-state index contributed by atoms with van der Waals surface area (Å²) in [6.45, 7) is 3.85. The van der Waals surface area contributed by atoms with E-state index in [1.807, 2.05) is 6.07 Å². The molecule has 0 heterocycles. The standard InChI is InChI=1S/C12H15N3O2/c1-8(2)17-12(16)15-7-9-3-4-11(14)10(5-9)6-13/h3-5,8H,7,14H2,1-2H3,(H,15,16).